The fraction of sp³-hybridized carbons (Fsp3) is 0.368. The zero-order valence-corrected chi connectivity index (χ0v) is 14.6. The SMILES string of the molecule is COc1ccc(CC(CBr)Cc2ccc(C)c(C)c2)cc1. The Morgan fingerprint density at radius 2 is 1.52 bits per heavy atom. The number of hydrogen-bond acceptors (Lipinski definition) is 1. The highest BCUT2D eigenvalue weighted by molar-refractivity contribution is 9.09. The molecule has 1 nitrogen and oxygen atoms in total. The van der Waals surface area contributed by atoms with Gasteiger partial charge in [0.1, 0.15) is 5.75 Å². The van der Waals surface area contributed by atoms with Gasteiger partial charge in [0.05, 0.1) is 7.11 Å². The van der Waals surface area contributed by atoms with Gasteiger partial charge in [0.2, 0.25) is 0 Å². The molecule has 0 fully saturated rings. The van der Waals surface area contributed by atoms with Gasteiger partial charge in [0.25, 0.3) is 0 Å². The van der Waals surface area contributed by atoms with Crippen molar-refractivity contribution in [2.24, 2.45) is 5.92 Å². The van der Waals surface area contributed by atoms with Crippen LogP contribution in [0.5, 0.6) is 5.75 Å². The lowest BCUT2D eigenvalue weighted by Gasteiger charge is -2.15. The third-order valence-electron chi connectivity index (χ3n) is 4.00. The summed E-state index contributed by atoms with van der Waals surface area (Å²) in [6.07, 6.45) is 2.20. The maximum atomic E-state index is 5.21. The molecule has 1 atom stereocenters. The summed E-state index contributed by atoms with van der Waals surface area (Å²) in [5.41, 5.74) is 5.54. The molecule has 112 valence electrons. The maximum absolute atomic E-state index is 5.21. The van der Waals surface area contributed by atoms with Crippen LogP contribution in [0.4, 0.5) is 0 Å². The Balaban J connectivity index is 2.03. The summed E-state index contributed by atoms with van der Waals surface area (Å²) < 4.78 is 5.21. The number of benzene rings is 2. The van der Waals surface area contributed by atoms with E-state index in [0.29, 0.717) is 5.92 Å². The number of aryl methyl sites for hydroxylation is 2. The predicted molar refractivity (Wildman–Crippen MR) is 93.6 cm³/mol. The Morgan fingerprint density at radius 3 is 2.10 bits per heavy atom. The molecule has 0 aliphatic rings. The standard InChI is InChI=1S/C19H23BrO/c1-14-4-5-17(10-15(14)2)12-18(13-20)11-16-6-8-19(21-3)9-7-16/h4-10,18H,11-13H2,1-3H3. The third-order valence-corrected chi connectivity index (χ3v) is 4.91. The molecule has 0 aromatic heterocycles. The molecule has 2 aromatic carbocycles. The molecule has 21 heavy (non-hydrogen) atoms. The minimum atomic E-state index is 0.612. The molecule has 0 aliphatic heterocycles. The molecule has 2 rings (SSSR count). The highest BCUT2D eigenvalue weighted by Crippen LogP contribution is 2.20. The van der Waals surface area contributed by atoms with Gasteiger partial charge < -0.3 is 4.74 Å². The van der Waals surface area contributed by atoms with Crippen LogP contribution in [-0.2, 0) is 12.8 Å². The van der Waals surface area contributed by atoms with E-state index in [1.165, 1.54) is 22.3 Å². The molecule has 0 spiro atoms. The monoisotopic (exact) mass is 346 g/mol. The van der Waals surface area contributed by atoms with Crippen LogP contribution < -0.4 is 4.74 Å². The molecule has 0 saturated heterocycles. The Hall–Kier alpha value is -1.28. The Bertz CT molecular complexity index is 575. The van der Waals surface area contributed by atoms with E-state index in [4.69, 9.17) is 4.74 Å². The second kappa shape index (κ2) is 7.65. The molecule has 2 heteroatoms. The van der Waals surface area contributed by atoms with Gasteiger partial charge in [-0.3, -0.25) is 0 Å². The van der Waals surface area contributed by atoms with E-state index in [1.54, 1.807) is 7.11 Å². The average molecular weight is 347 g/mol. The first-order valence-corrected chi connectivity index (χ1v) is 8.49. The fourth-order valence-corrected chi connectivity index (χ4v) is 3.00. The van der Waals surface area contributed by atoms with E-state index in [-0.39, 0.29) is 0 Å². The molecule has 0 heterocycles. The second-order valence-electron chi connectivity index (χ2n) is 5.70. The topological polar surface area (TPSA) is 9.23 Å². The highest BCUT2D eigenvalue weighted by atomic mass is 79.9. The smallest absolute Gasteiger partial charge is 0.118 e. The molecule has 2 aromatic rings. The Kier molecular flexibility index (Phi) is 5.86. The minimum Gasteiger partial charge on any atom is -0.497 e. The van der Waals surface area contributed by atoms with Crippen LogP contribution in [-0.4, -0.2) is 12.4 Å². The van der Waals surface area contributed by atoms with Gasteiger partial charge in [0, 0.05) is 5.33 Å². The van der Waals surface area contributed by atoms with E-state index >= 15 is 0 Å². The number of methoxy groups -OCH3 is 1. The number of ether oxygens (including phenoxy) is 1. The van der Waals surface area contributed by atoms with Crippen LogP contribution in [0.2, 0.25) is 0 Å². The van der Waals surface area contributed by atoms with Crippen LogP contribution in [0.15, 0.2) is 42.5 Å². The molecule has 0 aliphatic carbocycles. The lowest BCUT2D eigenvalue weighted by molar-refractivity contribution is 0.414. The summed E-state index contributed by atoms with van der Waals surface area (Å²) in [6, 6.07) is 15.2. The van der Waals surface area contributed by atoms with Gasteiger partial charge in [-0.05, 0) is 67.0 Å². The molecule has 0 amide bonds. The molecule has 0 saturated carbocycles. The van der Waals surface area contributed by atoms with Gasteiger partial charge in [-0.2, -0.15) is 0 Å². The van der Waals surface area contributed by atoms with Crippen molar-refractivity contribution in [3.05, 3.63) is 64.7 Å². The van der Waals surface area contributed by atoms with E-state index in [1.807, 2.05) is 12.1 Å². The summed E-state index contributed by atoms with van der Waals surface area (Å²) in [7, 11) is 1.70. The number of alkyl halides is 1. The van der Waals surface area contributed by atoms with Crippen molar-refractivity contribution in [1.82, 2.24) is 0 Å². The normalized spacial score (nSPS) is 12.2. The van der Waals surface area contributed by atoms with E-state index < -0.39 is 0 Å². The van der Waals surface area contributed by atoms with Gasteiger partial charge in [-0.25, -0.2) is 0 Å². The van der Waals surface area contributed by atoms with Gasteiger partial charge in [0.15, 0.2) is 0 Å². The van der Waals surface area contributed by atoms with Crippen molar-refractivity contribution in [3.8, 4) is 5.75 Å². The van der Waals surface area contributed by atoms with E-state index in [2.05, 4.69) is 60.1 Å². The van der Waals surface area contributed by atoms with Crippen LogP contribution in [0, 0.1) is 19.8 Å². The highest BCUT2D eigenvalue weighted by Gasteiger charge is 2.10. The summed E-state index contributed by atoms with van der Waals surface area (Å²) in [5, 5.41) is 1.02. The second-order valence-corrected chi connectivity index (χ2v) is 6.34. The van der Waals surface area contributed by atoms with Crippen molar-refractivity contribution >= 4 is 15.9 Å². The van der Waals surface area contributed by atoms with Gasteiger partial charge in [-0.15, -0.1) is 0 Å². The van der Waals surface area contributed by atoms with E-state index in [0.717, 1.165) is 23.9 Å². The summed E-state index contributed by atoms with van der Waals surface area (Å²) in [5.74, 6) is 1.53. The fourth-order valence-electron chi connectivity index (χ4n) is 2.54. The first-order valence-electron chi connectivity index (χ1n) is 7.37. The number of halogens is 1. The van der Waals surface area contributed by atoms with Crippen molar-refractivity contribution in [3.63, 3.8) is 0 Å². The molecular weight excluding hydrogens is 324 g/mol. The Morgan fingerprint density at radius 1 is 0.905 bits per heavy atom. The van der Waals surface area contributed by atoms with Crippen molar-refractivity contribution < 1.29 is 4.74 Å². The molecule has 0 N–H and O–H groups in total. The summed E-state index contributed by atoms with van der Waals surface area (Å²) in [4.78, 5) is 0. The Labute approximate surface area is 136 Å². The first-order chi connectivity index (χ1) is 10.1. The summed E-state index contributed by atoms with van der Waals surface area (Å²) in [6.45, 7) is 4.35. The van der Waals surface area contributed by atoms with Crippen LogP contribution >= 0.6 is 15.9 Å². The number of hydrogen-bond donors (Lipinski definition) is 0. The lowest BCUT2D eigenvalue weighted by Crippen LogP contribution is -2.10. The third kappa shape index (κ3) is 4.60. The van der Waals surface area contributed by atoms with Crippen molar-refractivity contribution in [1.29, 1.82) is 0 Å². The lowest BCUT2D eigenvalue weighted by atomic mass is 9.93. The van der Waals surface area contributed by atoms with Gasteiger partial charge in [-0.1, -0.05) is 46.3 Å². The molecule has 1 unspecified atom stereocenters. The minimum absolute atomic E-state index is 0.612. The predicted octanol–water partition coefficient (Wildman–Crippen LogP) is 5.11. The first kappa shape index (κ1) is 16.1. The largest absolute Gasteiger partial charge is 0.497 e. The van der Waals surface area contributed by atoms with E-state index in [9.17, 15) is 0 Å². The van der Waals surface area contributed by atoms with Crippen molar-refractivity contribution in [2.75, 3.05) is 12.4 Å². The molecule has 0 bridgehead atoms. The van der Waals surface area contributed by atoms with Crippen molar-refractivity contribution in [2.45, 2.75) is 26.7 Å². The average Bonchev–Trinajstić information content (AvgIpc) is 2.51. The summed E-state index contributed by atoms with van der Waals surface area (Å²) >= 11 is 3.67. The van der Waals surface area contributed by atoms with Gasteiger partial charge >= 0.3 is 0 Å². The molecule has 0 radical (unpaired) electrons. The van der Waals surface area contributed by atoms with Crippen LogP contribution in [0.3, 0.4) is 0 Å². The van der Waals surface area contributed by atoms with Crippen LogP contribution in [0.1, 0.15) is 22.3 Å². The number of rotatable bonds is 6. The molecular formula is C19H23BrO. The van der Waals surface area contributed by atoms with Crippen LogP contribution in [0.25, 0.3) is 0 Å². The zero-order valence-electron chi connectivity index (χ0n) is 13.0. The zero-order chi connectivity index (χ0) is 15.2. The quantitative estimate of drug-likeness (QED) is 0.660. The maximum Gasteiger partial charge on any atom is 0.118 e.